The van der Waals surface area contributed by atoms with Crippen LogP contribution in [0.4, 0.5) is 0 Å². The van der Waals surface area contributed by atoms with E-state index in [2.05, 4.69) is 4.98 Å². The number of nitrogens with zero attached hydrogens (tertiary/aromatic N) is 2. The second-order valence-corrected chi connectivity index (χ2v) is 4.45. The fraction of sp³-hybridized carbons (Fsp3) is 0.417. The minimum Gasteiger partial charge on any atom is -0.480 e. The highest BCUT2D eigenvalue weighted by atomic mass is 16.4. The van der Waals surface area contributed by atoms with Crippen LogP contribution in [0.5, 0.6) is 0 Å². The van der Waals surface area contributed by atoms with Gasteiger partial charge in [-0.1, -0.05) is 0 Å². The van der Waals surface area contributed by atoms with E-state index in [0.29, 0.717) is 5.56 Å². The lowest BCUT2D eigenvalue weighted by Crippen LogP contribution is -2.40. The van der Waals surface area contributed by atoms with Gasteiger partial charge >= 0.3 is 5.97 Å². The number of hydrogen-bond acceptors (Lipinski definition) is 4. The van der Waals surface area contributed by atoms with Gasteiger partial charge in [0.15, 0.2) is 0 Å². The molecule has 0 bridgehead atoms. The standard InChI is InChI=1S/C12H14N2O4/c1-7-2-8(5-13-4-7)11(16)14-6-9(15)3-10(14)12(17)18/h2,4-5,9-10,15H,3,6H2,1H3,(H,17,18)/t9-,10+/m1/s1. The smallest absolute Gasteiger partial charge is 0.326 e. The molecule has 1 aliphatic rings. The van der Waals surface area contributed by atoms with Crippen LogP contribution in [0.25, 0.3) is 0 Å². The molecule has 1 aromatic heterocycles. The van der Waals surface area contributed by atoms with E-state index in [4.69, 9.17) is 5.11 Å². The molecule has 1 aromatic rings. The molecule has 1 saturated heterocycles. The van der Waals surface area contributed by atoms with Crippen molar-refractivity contribution in [2.75, 3.05) is 6.54 Å². The van der Waals surface area contributed by atoms with Crippen molar-refractivity contribution >= 4 is 11.9 Å². The number of β-amino-alcohol motifs (C(OH)–C–C–N with tert-alkyl or cyclic N) is 1. The van der Waals surface area contributed by atoms with Crippen LogP contribution in [0.2, 0.25) is 0 Å². The predicted octanol–water partition coefficient (Wildman–Crippen LogP) is 0.0500. The van der Waals surface area contributed by atoms with Crippen molar-refractivity contribution in [1.82, 2.24) is 9.88 Å². The largest absolute Gasteiger partial charge is 0.480 e. The van der Waals surface area contributed by atoms with Crippen LogP contribution in [0.15, 0.2) is 18.5 Å². The molecule has 2 N–H and O–H groups in total. The summed E-state index contributed by atoms with van der Waals surface area (Å²) in [6.45, 7) is 1.85. The maximum Gasteiger partial charge on any atom is 0.326 e. The lowest BCUT2D eigenvalue weighted by molar-refractivity contribution is -0.141. The van der Waals surface area contributed by atoms with E-state index in [9.17, 15) is 14.7 Å². The van der Waals surface area contributed by atoms with Crippen molar-refractivity contribution < 1.29 is 19.8 Å². The normalized spacial score (nSPS) is 23.1. The molecular weight excluding hydrogens is 236 g/mol. The molecule has 2 heterocycles. The topological polar surface area (TPSA) is 90.7 Å². The molecule has 1 amide bonds. The Morgan fingerprint density at radius 2 is 2.17 bits per heavy atom. The van der Waals surface area contributed by atoms with Gasteiger partial charge in [-0.25, -0.2) is 4.79 Å². The van der Waals surface area contributed by atoms with E-state index in [-0.39, 0.29) is 13.0 Å². The molecule has 6 nitrogen and oxygen atoms in total. The van der Waals surface area contributed by atoms with Gasteiger partial charge in [-0.15, -0.1) is 0 Å². The monoisotopic (exact) mass is 250 g/mol. The second kappa shape index (κ2) is 4.73. The summed E-state index contributed by atoms with van der Waals surface area (Å²) in [4.78, 5) is 28.3. The Balaban J connectivity index is 2.25. The first-order valence-electron chi connectivity index (χ1n) is 5.62. The molecule has 18 heavy (non-hydrogen) atoms. The highest BCUT2D eigenvalue weighted by Gasteiger charge is 2.39. The number of rotatable bonds is 2. The molecule has 1 fully saturated rings. The van der Waals surface area contributed by atoms with Crippen molar-refractivity contribution in [3.63, 3.8) is 0 Å². The molecule has 0 saturated carbocycles. The third-order valence-electron chi connectivity index (χ3n) is 2.95. The molecular formula is C12H14N2O4. The molecule has 0 radical (unpaired) electrons. The van der Waals surface area contributed by atoms with Gasteiger partial charge in [0.25, 0.3) is 5.91 Å². The van der Waals surface area contributed by atoms with Crippen molar-refractivity contribution in [2.45, 2.75) is 25.5 Å². The maximum absolute atomic E-state index is 12.2. The molecule has 2 rings (SSSR count). The molecule has 2 atom stereocenters. The number of carbonyl (C=O) groups excluding carboxylic acids is 1. The number of carboxylic acid groups (broad SMARTS) is 1. The second-order valence-electron chi connectivity index (χ2n) is 4.45. The van der Waals surface area contributed by atoms with E-state index in [0.717, 1.165) is 5.56 Å². The number of aliphatic carboxylic acids is 1. The molecule has 1 aliphatic heterocycles. The zero-order valence-corrected chi connectivity index (χ0v) is 9.91. The Morgan fingerprint density at radius 3 is 2.78 bits per heavy atom. The summed E-state index contributed by atoms with van der Waals surface area (Å²) in [7, 11) is 0. The fourth-order valence-corrected chi connectivity index (χ4v) is 2.11. The minimum absolute atomic E-state index is 0.0454. The quantitative estimate of drug-likeness (QED) is 0.774. The zero-order valence-electron chi connectivity index (χ0n) is 9.91. The van der Waals surface area contributed by atoms with E-state index in [1.54, 1.807) is 19.2 Å². The fourth-order valence-electron chi connectivity index (χ4n) is 2.11. The summed E-state index contributed by atoms with van der Waals surface area (Å²) in [5, 5.41) is 18.5. The van der Waals surface area contributed by atoms with Crippen molar-refractivity contribution in [2.24, 2.45) is 0 Å². The Bertz CT molecular complexity index is 489. The Labute approximate surface area is 104 Å². The number of hydrogen-bond donors (Lipinski definition) is 2. The number of aryl methyl sites for hydroxylation is 1. The molecule has 96 valence electrons. The average molecular weight is 250 g/mol. The van der Waals surface area contributed by atoms with Crippen LogP contribution in [0.3, 0.4) is 0 Å². The van der Waals surface area contributed by atoms with Gasteiger partial charge in [0.1, 0.15) is 6.04 Å². The molecule has 0 unspecified atom stereocenters. The number of carbonyl (C=O) groups is 2. The van der Waals surface area contributed by atoms with E-state index >= 15 is 0 Å². The SMILES string of the molecule is Cc1cncc(C(=O)N2C[C@H](O)C[C@H]2C(=O)O)c1. The number of aromatic nitrogens is 1. The predicted molar refractivity (Wildman–Crippen MR) is 62.1 cm³/mol. The summed E-state index contributed by atoms with van der Waals surface area (Å²) in [6.07, 6.45) is 2.30. The van der Waals surface area contributed by atoms with Crippen molar-refractivity contribution in [1.29, 1.82) is 0 Å². The van der Waals surface area contributed by atoms with E-state index < -0.39 is 24.0 Å². The van der Waals surface area contributed by atoms with Crippen LogP contribution >= 0.6 is 0 Å². The number of amides is 1. The first-order valence-corrected chi connectivity index (χ1v) is 5.62. The van der Waals surface area contributed by atoms with Crippen LogP contribution < -0.4 is 0 Å². The molecule has 0 spiro atoms. The van der Waals surface area contributed by atoms with Crippen LogP contribution in [-0.4, -0.2) is 50.7 Å². The third-order valence-corrected chi connectivity index (χ3v) is 2.95. The van der Waals surface area contributed by atoms with Gasteiger partial charge in [0.2, 0.25) is 0 Å². The van der Waals surface area contributed by atoms with E-state index in [1.165, 1.54) is 11.1 Å². The highest BCUT2D eigenvalue weighted by Crippen LogP contribution is 2.20. The summed E-state index contributed by atoms with van der Waals surface area (Å²) in [5.41, 5.74) is 1.17. The van der Waals surface area contributed by atoms with Crippen LogP contribution in [-0.2, 0) is 4.79 Å². The zero-order chi connectivity index (χ0) is 13.3. The van der Waals surface area contributed by atoms with E-state index in [1.807, 2.05) is 0 Å². The third kappa shape index (κ3) is 2.33. The summed E-state index contributed by atoms with van der Waals surface area (Å²) in [6, 6.07) is 0.687. The average Bonchev–Trinajstić information content (AvgIpc) is 2.70. The number of pyridine rings is 1. The molecule has 0 aromatic carbocycles. The van der Waals surface area contributed by atoms with Crippen molar-refractivity contribution in [3.05, 3.63) is 29.6 Å². The van der Waals surface area contributed by atoms with Crippen molar-refractivity contribution in [3.8, 4) is 0 Å². The number of aliphatic hydroxyl groups is 1. The van der Waals surface area contributed by atoms with Gasteiger partial charge in [0, 0.05) is 25.4 Å². The summed E-state index contributed by atoms with van der Waals surface area (Å²) in [5.74, 6) is -1.50. The number of carboxylic acids is 1. The Kier molecular flexibility index (Phi) is 3.29. The molecule has 6 heteroatoms. The number of likely N-dealkylation sites (tertiary alicyclic amines) is 1. The lowest BCUT2D eigenvalue weighted by atomic mass is 10.1. The van der Waals surface area contributed by atoms with Gasteiger partial charge in [-0.05, 0) is 18.6 Å². The van der Waals surface area contributed by atoms with Gasteiger partial charge in [-0.2, -0.15) is 0 Å². The van der Waals surface area contributed by atoms with Gasteiger partial charge in [-0.3, -0.25) is 9.78 Å². The first-order chi connectivity index (χ1) is 8.49. The summed E-state index contributed by atoms with van der Waals surface area (Å²) < 4.78 is 0. The Morgan fingerprint density at radius 1 is 1.44 bits per heavy atom. The number of aliphatic hydroxyl groups excluding tert-OH is 1. The van der Waals surface area contributed by atoms with Crippen LogP contribution in [0.1, 0.15) is 22.3 Å². The van der Waals surface area contributed by atoms with Gasteiger partial charge in [0.05, 0.1) is 11.7 Å². The lowest BCUT2D eigenvalue weighted by Gasteiger charge is -2.21. The maximum atomic E-state index is 12.2. The molecule has 0 aliphatic carbocycles. The van der Waals surface area contributed by atoms with Gasteiger partial charge < -0.3 is 15.1 Å². The minimum atomic E-state index is -1.10. The first kappa shape index (κ1) is 12.5. The Hall–Kier alpha value is -1.95. The summed E-state index contributed by atoms with van der Waals surface area (Å²) >= 11 is 0. The van der Waals surface area contributed by atoms with Crippen LogP contribution in [0, 0.1) is 6.92 Å². The highest BCUT2D eigenvalue weighted by molar-refractivity contribution is 5.96.